The normalized spacial score (nSPS) is 24.9. The van der Waals surface area contributed by atoms with Gasteiger partial charge in [0.1, 0.15) is 12.4 Å². The summed E-state index contributed by atoms with van der Waals surface area (Å²) in [5.74, 6) is 0.0940. The number of amidine groups is 1. The first-order valence-electron chi connectivity index (χ1n) is 7.03. The Hall–Kier alpha value is -1.93. The summed E-state index contributed by atoms with van der Waals surface area (Å²) in [5.41, 5.74) is 0.505. The predicted octanol–water partition coefficient (Wildman–Crippen LogP) is -0.0276. The largest absolute Gasteiger partial charge is 0.375 e. The molecule has 1 N–H and O–H groups in total. The standard InChI is InChI=1S/C14H17N3O4S/c1-10-9-17(6-7-21-10)13(18)8-15-14-11-4-2-3-5-12(11)22(19,20)16-14/h2-5,10H,6-9H2,1H3,(H,15,16). The Morgan fingerprint density at radius 1 is 1.45 bits per heavy atom. The maximum atomic E-state index is 12.2. The van der Waals surface area contributed by atoms with E-state index >= 15 is 0 Å². The number of hydrogen-bond donors (Lipinski definition) is 1. The lowest BCUT2D eigenvalue weighted by Gasteiger charge is -2.30. The SMILES string of the molecule is CC1CN(C(=O)CN=C2NS(=O)(=O)c3ccccc32)CCO1. The Balaban J connectivity index is 1.75. The highest BCUT2D eigenvalue weighted by Gasteiger charge is 2.30. The van der Waals surface area contributed by atoms with E-state index in [1.165, 1.54) is 6.07 Å². The number of rotatable bonds is 2. The van der Waals surface area contributed by atoms with E-state index in [-0.39, 0.29) is 29.3 Å². The molecule has 3 rings (SSSR count). The summed E-state index contributed by atoms with van der Waals surface area (Å²) in [6.07, 6.45) is 0.0102. The molecule has 2 aliphatic heterocycles. The van der Waals surface area contributed by atoms with Gasteiger partial charge in [-0.2, -0.15) is 0 Å². The van der Waals surface area contributed by atoms with Crippen molar-refractivity contribution >= 4 is 21.8 Å². The number of carbonyl (C=O) groups excluding carboxylic acids is 1. The maximum absolute atomic E-state index is 12.2. The van der Waals surface area contributed by atoms with Gasteiger partial charge in [-0.15, -0.1) is 0 Å². The van der Waals surface area contributed by atoms with Crippen LogP contribution in [0, 0.1) is 0 Å². The fourth-order valence-electron chi connectivity index (χ4n) is 2.54. The molecule has 0 spiro atoms. The second-order valence-corrected chi connectivity index (χ2v) is 6.94. The predicted molar refractivity (Wildman–Crippen MR) is 80.2 cm³/mol. The summed E-state index contributed by atoms with van der Waals surface area (Å²) < 4.78 is 31.7. The number of sulfonamides is 1. The number of morpholine rings is 1. The van der Waals surface area contributed by atoms with Crippen LogP contribution in [0.2, 0.25) is 0 Å². The molecule has 0 aliphatic carbocycles. The number of amides is 1. The van der Waals surface area contributed by atoms with Crippen molar-refractivity contribution in [2.24, 2.45) is 4.99 Å². The molecule has 1 fully saturated rings. The van der Waals surface area contributed by atoms with Crippen LogP contribution in [0.15, 0.2) is 34.2 Å². The molecule has 1 amide bonds. The minimum Gasteiger partial charge on any atom is -0.375 e. The average molecular weight is 323 g/mol. The van der Waals surface area contributed by atoms with E-state index in [0.29, 0.717) is 25.3 Å². The number of aliphatic imine (C=N–C) groups is 1. The average Bonchev–Trinajstić information content (AvgIpc) is 2.76. The summed E-state index contributed by atoms with van der Waals surface area (Å²) in [5, 5.41) is 0. The van der Waals surface area contributed by atoms with Gasteiger partial charge in [0.05, 0.1) is 17.6 Å². The molecular formula is C14H17N3O4S. The van der Waals surface area contributed by atoms with Crippen LogP contribution in [0.5, 0.6) is 0 Å². The van der Waals surface area contributed by atoms with E-state index < -0.39 is 10.0 Å². The molecule has 1 aromatic rings. The van der Waals surface area contributed by atoms with Gasteiger partial charge in [0.2, 0.25) is 5.91 Å². The van der Waals surface area contributed by atoms with E-state index in [0.717, 1.165) is 0 Å². The minimum absolute atomic E-state index is 0.0102. The number of fused-ring (bicyclic) bond motifs is 1. The van der Waals surface area contributed by atoms with Crippen molar-refractivity contribution in [1.82, 2.24) is 9.62 Å². The third kappa shape index (κ3) is 2.84. The molecule has 0 saturated carbocycles. The number of benzene rings is 1. The first-order chi connectivity index (χ1) is 10.5. The Morgan fingerprint density at radius 3 is 3.00 bits per heavy atom. The fourth-order valence-corrected chi connectivity index (χ4v) is 3.79. The maximum Gasteiger partial charge on any atom is 0.263 e. The number of nitrogens with one attached hydrogen (secondary N) is 1. The molecule has 22 heavy (non-hydrogen) atoms. The van der Waals surface area contributed by atoms with Gasteiger partial charge in [-0.1, -0.05) is 12.1 Å². The highest BCUT2D eigenvalue weighted by Crippen LogP contribution is 2.22. The Kier molecular flexibility index (Phi) is 3.88. The zero-order valence-electron chi connectivity index (χ0n) is 12.2. The van der Waals surface area contributed by atoms with Gasteiger partial charge in [0, 0.05) is 18.7 Å². The molecule has 1 saturated heterocycles. The van der Waals surface area contributed by atoms with E-state index in [1.807, 2.05) is 6.92 Å². The van der Waals surface area contributed by atoms with Crippen LogP contribution in [-0.4, -0.2) is 57.4 Å². The summed E-state index contributed by atoms with van der Waals surface area (Å²) in [6.45, 7) is 3.41. The van der Waals surface area contributed by atoms with E-state index in [9.17, 15) is 13.2 Å². The van der Waals surface area contributed by atoms with Gasteiger partial charge in [0.15, 0.2) is 0 Å². The molecular weight excluding hydrogens is 306 g/mol. The third-order valence-corrected chi connectivity index (χ3v) is 5.03. The zero-order chi connectivity index (χ0) is 15.7. The summed E-state index contributed by atoms with van der Waals surface area (Å²) in [6, 6.07) is 6.59. The van der Waals surface area contributed by atoms with E-state index in [2.05, 4.69) is 9.71 Å². The summed E-state index contributed by atoms with van der Waals surface area (Å²) in [7, 11) is -3.56. The molecule has 1 atom stereocenters. The molecule has 1 unspecified atom stereocenters. The topological polar surface area (TPSA) is 88.1 Å². The smallest absolute Gasteiger partial charge is 0.263 e. The number of hydrogen-bond acceptors (Lipinski definition) is 5. The lowest BCUT2D eigenvalue weighted by Crippen LogP contribution is -2.45. The first kappa shape index (κ1) is 15.0. The molecule has 2 aliphatic rings. The molecule has 7 nitrogen and oxygen atoms in total. The van der Waals surface area contributed by atoms with Gasteiger partial charge in [-0.3, -0.25) is 14.5 Å². The van der Waals surface area contributed by atoms with Crippen LogP contribution in [0.3, 0.4) is 0 Å². The van der Waals surface area contributed by atoms with E-state index in [4.69, 9.17) is 4.74 Å². The van der Waals surface area contributed by atoms with Crippen molar-refractivity contribution in [2.75, 3.05) is 26.2 Å². The lowest BCUT2D eigenvalue weighted by atomic mass is 10.2. The molecule has 0 bridgehead atoms. The second kappa shape index (κ2) is 5.69. The van der Waals surface area contributed by atoms with Gasteiger partial charge < -0.3 is 9.64 Å². The van der Waals surface area contributed by atoms with Crippen molar-refractivity contribution < 1.29 is 17.9 Å². The van der Waals surface area contributed by atoms with Crippen molar-refractivity contribution in [1.29, 1.82) is 0 Å². The summed E-state index contributed by atoms with van der Waals surface area (Å²) in [4.78, 5) is 18.2. The molecule has 1 aromatic carbocycles. The van der Waals surface area contributed by atoms with Crippen molar-refractivity contribution in [3.05, 3.63) is 29.8 Å². The monoisotopic (exact) mass is 323 g/mol. The van der Waals surface area contributed by atoms with Crippen LogP contribution in [0.25, 0.3) is 0 Å². The molecule has 8 heteroatoms. The van der Waals surface area contributed by atoms with E-state index in [1.54, 1.807) is 23.1 Å². The molecule has 2 heterocycles. The van der Waals surface area contributed by atoms with Crippen molar-refractivity contribution in [3.8, 4) is 0 Å². The van der Waals surface area contributed by atoms with Crippen LogP contribution < -0.4 is 4.72 Å². The lowest BCUT2D eigenvalue weighted by molar-refractivity contribution is -0.136. The van der Waals surface area contributed by atoms with Gasteiger partial charge in [-0.05, 0) is 19.1 Å². The highest BCUT2D eigenvalue weighted by molar-refractivity contribution is 7.90. The Morgan fingerprint density at radius 2 is 2.23 bits per heavy atom. The van der Waals surface area contributed by atoms with Crippen LogP contribution in [0.4, 0.5) is 0 Å². The number of ether oxygens (including phenoxy) is 1. The quantitative estimate of drug-likeness (QED) is 0.828. The zero-order valence-corrected chi connectivity index (χ0v) is 13.0. The molecule has 0 radical (unpaired) electrons. The Bertz CT molecular complexity index is 729. The molecule has 118 valence electrons. The van der Waals surface area contributed by atoms with Gasteiger partial charge >= 0.3 is 0 Å². The second-order valence-electron chi connectivity index (χ2n) is 5.29. The molecule has 0 aromatic heterocycles. The van der Waals surface area contributed by atoms with Crippen LogP contribution >= 0.6 is 0 Å². The first-order valence-corrected chi connectivity index (χ1v) is 8.52. The highest BCUT2D eigenvalue weighted by atomic mass is 32.2. The van der Waals surface area contributed by atoms with Gasteiger partial charge in [-0.25, -0.2) is 8.42 Å². The fraction of sp³-hybridized carbons (Fsp3) is 0.429. The van der Waals surface area contributed by atoms with Crippen LogP contribution in [0.1, 0.15) is 12.5 Å². The number of nitrogens with zero attached hydrogens (tertiary/aromatic N) is 2. The minimum atomic E-state index is -3.56. The summed E-state index contributed by atoms with van der Waals surface area (Å²) >= 11 is 0. The van der Waals surface area contributed by atoms with Crippen LogP contribution in [-0.2, 0) is 19.6 Å². The Labute approximate surface area is 129 Å². The third-order valence-electron chi connectivity index (χ3n) is 3.63. The number of carbonyl (C=O) groups is 1. The van der Waals surface area contributed by atoms with Crippen molar-refractivity contribution in [3.63, 3.8) is 0 Å². The van der Waals surface area contributed by atoms with Crippen molar-refractivity contribution in [2.45, 2.75) is 17.9 Å². The van der Waals surface area contributed by atoms with Gasteiger partial charge in [0.25, 0.3) is 10.0 Å².